The highest BCUT2D eigenvalue weighted by Gasteiger charge is 2.33. The van der Waals surface area contributed by atoms with Gasteiger partial charge in [0, 0.05) is 28.7 Å². The Morgan fingerprint density at radius 1 is 1.17 bits per heavy atom. The molecule has 0 aliphatic carbocycles. The van der Waals surface area contributed by atoms with Crippen molar-refractivity contribution in [2.24, 2.45) is 5.92 Å². The molecule has 1 aliphatic heterocycles. The zero-order valence-corrected chi connectivity index (χ0v) is 19.4. The molecule has 3 rings (SSSR count). The SMILES string of the molecule is Cc1ccc([C@H](C)NC(=O)[C@@H]2CCCN(S(=O)(=O)Cc3c(Cl)cccc3Cl)C2)cc1. The lowest BCUT2D eigenvalue weighted by Crippen LogP contribution is -2.46. The van der Waals surface area contributed by atoms with Crippen LogP contribution in [0, 0.1) is 12.8 Å². The number of nitrogens with one attached hydrogen (secondary N) is 1. The molecular formula is C22H26Cl2N2O3S. The minimum atomic E-state index is -3.65. The second kappa shape index (κ2) is 9.69. The summed E-state index contributed by atoms with van der Waals surface area (Å²) in [6, 6.07) is 12.8. The first-order valence-electron chi connectivity index (χ1n) is 9.95. The van der Waals surface area contributed by atoms with E-state index < -0.39 is 10.0 Å². The van der Waals surface area contributed by atoms with Crippen LogP contribution in [-0.4, -0.2) is 31.7 Å². The molecule has 5 nitrogen and oxygen atoms in total. The molecule has 30 heavy (non-hydrogen) atoms. The van der Waals surface area contributed by atoms with Gasteiger partial charge in [-0.15, -0.1) is 0 Å². The number of hydrogen-bond donors (Lipinski definition) is 1. The molecule has 0 saturated carbocycles. The van der Waals surface area contributed by atoms with Crippen molar-refractivity contribution in [3.63, 3.8) is 0 Å². The summed E-state index contributed by atoms with van der Waals surface area (Å²) in [7, 11) is -3.65. The van der Waals surface area contributed by atoms with Gasteiger partial charge in [-0.05, 0) is 44.4 Å². The van der Waals surface area contributed by atoms with E-state index in [1.54, 1.807) is 18.2 Å². The molecule has 1 heterocycles. The minimum Gasteiger partial charge on any atom is -0.349 e. The van der Waals surface area contributed by atoms with Crippen molar-refractivity contribution >= 4 is 39.1 Å². The maximum absolute atomic E-state index is 13.0. The van der Waals surface area contributed by atoms with Crippen molar-refractivity contribution < 1.29 is 13.2 Å². The Morgan fingerprint density at radius 2 is 1.80 bits per heavy atom. The molecule has 1 N–H and O–H groups in total. The fraction of sp³-hybridized carbons (Fsp3) is 0.409. The number of rotatable bonds is 6. The Kier molecular flexibility index (Phi) is 7.45. The van der Waals surface area contributed by atoms with E-state index in [4.69, 9.17) is 23.2 Å². The van der Waals surface area contributed by atoms with Crippen molar-refractivity contribution in [2.75, 3.05) is 13.1 Å². The van der Waals surface area contributed by atoms with E-state index in [1.807, 2.05) is 38.1 Å². The van der Waals surface area contributed by atoms with Crippen molar-refractivity contribution in [3.8, 4) is 0 Å². The van der Waals surface area contributed by atoms with Crippen LogP contribution < -0.4 is 5.32 Å². The predicted molar refractivity (Wildman–Crippen MR) is 121 cm³/mol. The molecule has 162 valence electrons. The van der Waals surface area contributed by atoms with Crippen LogP contribution in [0.25, 0.3) is 0 Å². The number of sulfonamides is 1. The lowest BCUT2D eigenvalue weighted by Gasteiger charge is -2.32. The second-order valence-electron chi connectivity index (χ2n) is 7.79. The number of hydrogen-bond acceptors (Lipinski definition) is 3. The van der Waals surface area contributed by atoms with E-state index in [0.717, 1.165) is 11.1 Å². The Bertz CT molecular complexity index is 989. The lowest BCUT2D eigenvalue weighted by atomic mass is 9.97. The molecule has 2 aromatic carbocycles. The van der Waals surface area contributed by atoms with Gasteiger partial charge in [-0.2, -0.15) is 0 Å². The smallest absolute Gasteiger partial charge is 0.224 e. The summed E-state index contributed by atoms with van der Waals surface area (Å²) in [6.45, 7) is 4.50. The third kappa shape index (κ3) is 5.55. The first kappa shape index (κ1) is 23.1. The van der Waals surface area contributed by atoms with Gasteiger partial charge < -0.3 is 5.32 Å². The topological polar surface area (TPSA) is 66.5 Å². The number of halogens is 2. The summed E-state index contributed by atoms with van der Waals surface area (Å²) in [6.07, 6.45) is 1.29. The minimum absolute atomic E-state index is 0.126. The zero-order valence-electron chi connectivity index (χ0n) is 17.1. The number of benzene rings is 2. The molecule has 0 radical (unpaired) electrons. The van der Waals surface area contributed by atoms with Crippen molar-refractivity contribution in [1.82, 2.24) is 9.62 Å². The van der Waals surface area contributed by atoms with Crippen LogP contribution >= 0.6 is 23.2 Å². The Morgan fingerprint density at radius 3 is 2.43 bits per heavy atom. The molecule has 2 atom stereocenters. The van der Waals surface area contributed by atoms with E-state index in [-0.39, 0.29) is 30.2 Å². The third-order valence-electron chi connectivity index (χ3n) is 5.47. The van der Waals surface area contributed by atoms with Crippen LogP contribution in [0.3, 0.4) is 0 Å². The maximum atomic E-state index is 13.0. The molecule has 1 aliphatic rings. The molecule has 0 spiro atoms. The summed E-state index contributed by atoms with van der Waals surface area (Å²) in [5.41, 5.74) is 2.56. The molecule has 1 fully saturated rings. The average molecular weight is 469 g/mol. The van der Waals surface area contributed by atoms with Gasteiger partial charge in [0.1, 0.15) is 0 Å². The largest absolute Gasteiger partial charge is 0.349 e. The highest BCUT2D eigenvalue weighted by molar-refractivity contribution is 7.88. The van der Waals surface area contributed by atoms with E-state index in [9.17, 15) is 13.2 Å². The van der Waals surface area contributed by atoms with Crippen LogP contribution in [0.15, 0.2) is 42.5 Å². The summed E-state index contributed by atoms with van der Waals surface area (Å²) in [5, 5.41) is 3.67. The molecule has 0 bridgehead atoms. The Hall–Kier alpha value is -1.60. The van der Waals surface area contributed by atoms with Gasteiger partial charge in [-0.1, -0.05) is 59.1 Å². The molecule has 2 aromatic rings. The fourth-order valence-electron chi connectivity index (χ4n) is 3.62. The van der Waals surface area contributed by atoms with Crippen LogP contribution in [0.5, 0.6) is 0 Å². The molecular weight excluding hydrogens is 443 g/mol. The van der Waals surface area contributed by atoms with E-state index in [0.29, 0.717) is 35.0 Å². The Balaban J connectivity index is 1.66. The van der Waals surface area contributed by atoms with Gasteiger partial charge in [0.2, 0.25) is 15.9 Å². The molecule has 0 unspecified atom stereocenters. The number of carbonyl (C=O) groups excluding carboxylic acids is 1. The van der Waals surface area contributed by atoms with Crippen molar-refractivity contribution in [1.29, 1.82) is 0 Å². The lowest BCUT2D eigenvalue weighted by molar-refractivity contribution is -0.126. The number of carbonyl (C=O) groups is 1. The van der Waals surface area contributed by atoms with Crippen LogP contribution in [0.1, 0.15) is 42.5 Å². The molecule has 0 aromatic heterocycles. The van der Waals surface area contributed by atoms with Crippen LogP contribution in [0.2, 0.25) is 10.0 Å². The van der Waals surface area contributed by atoms with E-state index in [1.165, 1.54) is 4.31 Å². The van der Waals surface area contributed by atoms with Crippen molar-refractivity contribution in [3.05, 3.63) is 69.2 Å². The average Bonchev–Trinajstić information content (AvgIpc) is 2.71. The third-order valence-corrected chi connectivity index (χ3v) is 7.95. The normalized spacial score (nSPS) is 18.7. The summed E-state index contributed by atoms with van der Waals surface area (Å²) in [5.74, 6) is -0.790. The van der Waals surface area contributed by atoms with Gasteiger partial charge in [-0.25, -0.2) is 12.7 Å². The monoisotopic (exact) mass is 468 g/mol. The maximum Gasteiger partial charge on any atom is 0.224 e. The van der Waals surface area contributed by atoms with Crippen LogP contribution in [0.4, 0.5) is 0 Å². The summed E-state index contributed by atoms with van der Waals surface area (Å²) >= 11 is 12.3. The predicted octanol–water partition coefficient (Wildman–Crippen LogP) is 4.72. The van der Waals surface area contributed by atoms with Gasteiger partial charge in [0.15, 0.2) is 0 Å². The summed E-state index contributed by atoms with van der Waals surface area (Å²) in [4.78, 5) is 12.8. The highest BCUT2D eigenvalue weighted by Crippen LogP contribution is 2.29. The van der Waals surface area contributed by atoms with Gasteiger partial charge >= 0.3 is 0 Å². The number of amides is 1. The van der Waals surface area contributed by atoms with E-state index >= 15 is 0 Å². The Labute approximate surface area is 188 Å². The summed E-state index contributed by atoms with van der Waals surface area (Å²) < 4.78 is 27.3. The standard InChI is InChI=1S/C22H26Cl2N2O3S/c1-15-8-10-17(11-9-15)16(2)25-22(27)18-5-4-12-26(13-18)30(28,29)14-19-20(23)6-3-7-21(19)24/h3,6-11,16,18H,4-5,12-14H2,1-2H3,(H,25,27)/t16-,18+/m0/s1. The van der Waals surface area contributed by atoms with Gasteiger partial charge in [0.05, 0.1) is 17.7 Å². The van der Waals surface area contributed by atoms with Gasteiger partial charge in [0.25, 0.3) is 0 Å². The second-order valence-corrected chi connectivity index (χ2v) is 10.6. The molecule has 1 saturated heterocycles. The quantitative estimate of drug-likeness (QED) is 0.666. The first-order valence-corrected chi connectivity index (χ1v) is 12.3. The first-order chi connectivity index (χ1) is 14.2. The van der Waals surface area contributed by atoms with E-state index in [2.05, 4.69) is 5.32 Å². The number of aryl methyl sites for hydroxylation is 1. The van der Waals surface area contributed by atoms with Gasteiger partial charge in [-0.3, -0.25) is 4.79 Å². The number of piperidine rings is 1. The number of nitrogens with zero attached hydrogens (tertiary/aromatic N) is 1. The molecule has 1 amide bonds. The zero-order chi connectivity index (χ0) is 21.9. The molecule has 8 heteroatoms. The van der Waals surface area contributed by atoms with Crippen molar-refractivity contribution in [2.45, 2.75) is 38.5 Å². The fourth-order valence-corrected chi connectivity index (χ4v) is 5.98. The highest BCUT2D eigenvalue weighted by atomic mass is 35.5. The van der Waals surface area contributed by atoms with Crippen LogP contribution in [-0.2, 0) is 20.6 Å².